The van der Waals surface area contributed by atoms with Gasteiger partial charge >= 0.3 is 0 Å². The van der Waals surface area contributed by atoms with E-state index in [0.717, 1.165) is 0 Å². The summed E-state index contributed by atoms with van der Waals surface area (Å²) in [6, 6.07) is 0. The third-order valence-corrected chi connectivity index (χ3v) is 5.17. The molecule has 1 saturated heterocycles. The molecule has 7 nitrogen and oxygen atoms in total. The monoisotopic (exact) mass is 314 g/mol. The highest BCUT2D eigenvalue weighted by atomic mass is 32.2. The molecule has 1 aliphatic rings. The van der Waals surface area contributed by atoms with Gasteiger partial charge in [0.15, 0.2) is 5.82 Å². The van der Waals surface area contributed by atoms with Crippen molar-refractivity contribution in [2.45, 2.75) is 26.9 Å². The van der Waals surface area contributed by atoms with Crippen LogP contribution in [0.4, 0.5) is 5.82 Å². The van der Waals surface area contributed by atoms with Gasteiger partial charge in [-0.05, 0) is 20.8 Å². The second-order valence-corrected chi connectivity index (χ2v) is 7.40. The second kappa shape index (κ2) is 6.57. The average molecular weight is 314 g/mol. The van der Waals surface area contributed by atoms with Crippen LogP contribution in [0, 0.1) is 0 Å². The van der Waals surface area contributed by atoms with Gasteiger partial charge in [0, 0.05) is 38.6 Å². The van der Waals surface area contributed by atoms with Crippen LogP contribution in [0.15, 0.2) is 12.4 Å². The molecule has 0 saturated carbocycles. The number of aromatic nitrogens is 2. The number of anilines is 1. The molecule has 0 radical (unpaired) electrons. The Bertz CT molecular complexity index is 569. The fourth-order valence-electron chi connectivity index (χ4n) is 2.20. The standard InChI is InChI=1S/C13H22N4O3S/c1-4-21(18,19)17-9-7-16(8-10-17)12-13(20-11(2)3)15-6-5-14-12/h5-6,11H,4,7-10H2,1-3H3. The zero-order chi connectivity index (χ0) is 15.5. The average Bonchev–Trinajstić information content (AvgIpc) is 2.47. The lowest BCUT2D eigenvalue weighted by molar-refractivity contribution is 0.231. The summed E-state index contributed by atoms with van der Waals surface area (Å²) < 4.78 is 30.9. The Morgan fingerprint density at radius 1 is 1.19 bits per heavy atom. The van der Waals surface area contributed by atoms with Crippen molar-refractivity contribution in [1.29, 1.82) is 0 Å². The van der Waals surface area contributed by atoms with Gasteiger partial charge < -0.3 is 9.64 Å². The van der Waals surface area contributed by atoms with Crippen molar-refractivity contribution in [3.63, 3.8) is 0 Å². The van der Waals surface area contributed by atoms with Crippen molar-refractivity contribution in [3.05, 3.63) is 12.4 Å². The topological polar surface area (TPSA) is 75.6 Å². The lowest BCUT2D eigenvalue weighted by Gasteiger charge is -2.34. The van der Waals surface area contributed by atoms with Crippen molar-refractivity contribution >= 4 is 15.8 Å². The number of hydrogen-bond donors (Lipinski definition) is 0. The number of nitrogens with zero attached hydrogens (tertiary/aromatic N) is 4. The first-order valence-corrected chi connectivity index (χ1v) is 8.75. The summed E-state index contributed by atoms with van der Waals surface area (Å²) in [6.07, 6.45) is 3.23. The van der Waals surface area contributed by atoms with Crippen molar-refractivity contribution in [3.8, 4) is 5.88 Å². The van der Waals surface area contributed by atoms with Gasteiger partial charge in [0.05, 0.1) is 11.9 Å². The minimum absolute atomic E-state index is 0.0159. The summed E-state index contributed by atoms with van der Waals surface area (Å²) in [6.45, 7) is 7.65. The Balaban J connectivity index is 2.09. The fourth-order valence-corrected chi connectivity index (χ4v) is 3.29. The Labute approximate surface area is 126 Å². The van der Waals surface area contributed by atoms with Crippen LogP contribution in [-0.4, -0.2) is 60.7 Å². The van der Waals surface area contributed by atoms with E-state index in [4.69, 9.17) is 4.74 Å². The molecule has 0 amide bonds. The Kier molecular flexibility index (Phi) is 5.00. The van der Waals surface area contributed by atoms with Crippen molar-refractivity contribution in [2.75, 3.05) is 36.8 Å². The Morgan fingerprint density at radius 3 is 2.38 bits per heavy atom. The molecule has 1 aromatic rings. The van der Waals surface area contributed by atoms with Crippen LogP contribution in [0.2, 0.25) is 0 Å². The summed E-state index contributed by atoms with van der Waals surface area (Å²) in [7, 11) is -3.12. The minimum Gasteiger partial charge on any atom is -0.472 e. The van der Waals surface area contributed by atoms with E-state index in [0.29, 0.717) is 37.9 Å². The summed E-state index contributed by atoms with van der Waals surface area (Å²) in [5.74, 6) is 1.32. The molecule has 21 heavy (non-hydrogen) atoms. The lowest BCUT2D eigenvalue weighted by Crippen LogP contribution is -2.49. The first-order chi connectivity index (χ1) is 9.94. The van der Waals surface area contributed by atoms with E-state index in [1.807, 2.05) is 18.7 Å². The molecule has 0 atom stereocenters. The van der Waals surface area contributed by atoms with Gasteiger partial charge in [-0.2, -0.15) is 4.31 Å². The molecule has 0 unspecified atom stereocenters. The fraction of sp³-hybridized carbons (Fsp3) is 0.692. The molecular weight excluding hydrogens is 292 g/mol. The summed E-state index contributed by atoms with van der Waals surface area (Å²) >= 11 is 0. The SMILES string of the molecule is CCS(=O)(=O)N1CCN(c2nccnc2OC(C)C)CC1. The number of piperazine rings is 1. The lowest BCUT2D eigenvalue weighted by atomic mass is 10.3. The Morgan fingerprint density at radius 2 is 1.81 bits per heavy atom. The second-order valence-electron chi connectivity index (χ2n) is 5.14. The molecule has 0 aromatic carbocycles. The van der Waals surface area contributed by atoms with Crippen molar-refractivity contribution < 1.29 is 13.2 Å². The molecule has 2 heterocycles. The molecular formula is C13H22N4O3S. The van der Waals surface area contributed by atoms with Gasteiger partial charge in [0.2, 0.25) is 10.0 Å². The van der Waals surface area contributed by atoms with E-state index in [2.05, 4.69) is 9.97 Å². The van der Waals surface area contributed by atoms with E-state index in [-0.39, 0.29) is 11.9 Å². The molecule has 2 rings (SSSR count). The largest absolute Gasteiger partial charge is 0.472 e. The first kappa shape index (κ1) is 16.0. The highest BCUT2D eigenvalue weighted by Gasteiger charge is 2.27. The van der Waals surface area contributed by atoms with Gasteiger partial charge in [-0.25, -0.2) is 18.4 Å². The molecule has 0 bridgehead atoms. The zero-order valence-electron chi connectivity index (χ0n) is 12.7. The molecule has 0 spiro atoms. The molecule has 8 heteroatoms. The molecule has 118 valence electrons. The van der Waals surface area contributed by atoms with Gasteiger partial charge in [-0.1, -0.05) is 0 Å². The number of sulfonamides is 1. The third-order valence-electron chi connectivity index (χ3n) is 3.29. The summed E-state index contributed by atoms with van der Waals surface area (Å²) in [5.41, 5.74) is 0. The number of ether oxygens (including phenoxy) is 1. The van der Waals surface area contributed by atoms with Crippen molar-refractivity contribution in [2.24, 2.45) is 0 Å². The molecule has 1 aromatic heterocycles. The molecule has 0 N–H and O–H groups in total. The maximum atomic E-state index is 11.9. The van der Waals surface area contributed by atoms with Crippen LogP contribution in [0.5, 0.6) is 5.88 Å². The summed E-state index contributed by atoms with van der Waals surface area (Å²) in [4.78, 5) is 10.6. The maximum Gasteiger partial charge on any atom is 0.257 e. The predicted octanol–water partition coefficient (Wildman–Crippen LogP) is 0.735. The first-order valence-electron chi connectivity index (χ1n) is 7.14. The normalized spacial score (nSPS) is 17.2. The van der Waals surface area contributed by atoms with Crippen LogP contribution in [0.1, 0.15) is 20.8 Å². The number of rotatable bonds is 5. The van der Waals surface area contributed by atoms with Crippen LogP contribution in [0.3, 0.4) is 0 Å². The predicted molar refractivity (Wildman–Crippen MR) is 81.0 cm³/mol. The van der Waals surface area contributed by atoms with E-state index < -0.39 is 10.0 Å². The zero-order valence-corrected chi connectivity index (χ0v) is 13.5. The van der Waals surface area contributed by atoms with Crippen LogP contribution >= 0.6 is 0 Å². The van der Waals surface area contributed by atoms with Crippen molar-refractivity contribution in [1.82, 2.24) is 14.3 Å². The van der Waals surface area contributed by atoms with Gasteiger partial charge in [-0.3, -0.25) is 0 Å². The molecule has 1 fully saturated rings. The quantitative estimate of drug-likeness (QED) is 0.798. The highest BCUT2D eigenvalue weighted by Crippen LogP contribution is 2.25. The van der Waals surface area contributed by atoms with Crippen LogP contribution < -0.4 is 9.64 Å². The van der Waals surface area contributed by atoms with Gasteiger partial charge in [0.1, 0.15) is 0 Å². The van der Waals surface area contributed by atoms with E-state index in [1.54, 1.807) is 19.3 Å². The summed E-state index contributed by atoms with van der Waals surface area (Å²) in [5, 5.41) is 0. The third kappa shape index (κ3) is 3.82. The molecule has 0 aliphatic carbocycles. The number of hydrogen-bond acceptors (Lipinski definition) is 6. The van der Waals surface area contributed by atoms with Crippen LogP contribution in [0.25, 0.3) is 0 Å². The van der Waals surface area contributed by atoms with Gasteiger partial charge in [0.25, 0.3) is 5.88 Å². The van der Waals surface area contributed by atoms with E-state index >= 15 is 0 Å². The highest BCUT2D eigenvalue weighted by molar-refractivity contribution is 7.89. The minimum atomic E-state index is -3.12. The maximum absolute atomic E-state index is 11.9. The smallest absolute Gasteiger partial charge is 0.257 e. The molecule has 1 aliphatic heterocycles. The van der Waals surface area contributed by atoms with E-state index in [1.165, 1.54) is 4.31 Å². The van der Waals surface area contributed by atoms with Gasteiger partial charge in [-0.15, -0.1) is 0 Å². The van der Waals surface area contributed by atoms with Crippen LogP contribution in [-0.2, 0) is 10.0 Å². The van der Waals surface area contributed by atoms with E-state index in [9.17, 15) is 8.42 Å². The Hall–Kier alpha value is -1.41.